The molecule has 0 aromatic carbocycles. The Morgan fingerprint density at radius 2 is 1.06 bits per heavy atom. The molecule has 0 aliphatic heterocycles. The highest BCUT2D eigenvalue weighted by Gasteiger charge is 2.26. The number of halogens is 6. The SMILES string of the molecule is C#Cc1ccc2nc(Cl)c(S(=O)(=O)N=CN(CC(C)C)CC(C)C)n2n1.NS(=O)(=O)c1c(Cl)nc2ccc(/C=C/Cl)nn12.NS(=O)(=O)c1c(Cl)nc2ccc(/C=C\Cl)nn12.OCl. The zero-order valence-electron chi connectivity index (χ0n) is 32.5. The number of primary sulfonamides is 2. The Hall–Kier alpha value is -4.16. The van der Waals surface area contributed by atoms with Crippen molar-refractivity contribution >= 4 is 135 Å². The van der Waals surface area contributed by atoms with Crippen molar-refractivity contribution in [3.63, 3.8) is 0 Å². The van der Waals surface area contributed by atoms with Crippen LogP contribution in [0.4, 0.5) is 0 Å². The van der Waals surface area contributed by atoms with Gasteiger partial charge in [0.2, 0.25) is 15.1 Å². The normalized spacial score (nSPS) is 12.2. The topological polar surface area (TPSA) is 281 Å². The van der Waals surface area contributed by atoms with E-state index in [9.17, 15) is 25.3 Å². The van der Waals surface area contributed by atoms with Gasteiger partial charge in [-0.15, -0.1) is 10.8 Å². The smallest absolute Gasteiger partial charge is 0.304 e. The first-order valence-corrected chi connectivity index (χ1v) is 23.8. The zero-order chi connectivity index (χ0) is 46.7. The molecular formula is C33H35Cl6N13O7S3. The van der Waals surface area contributed by atoms with Crippen molar-refractivity contribution in [3.8, 4) is 12.3 Å². The lowest BCUT2D eigenvalue weighted by Gasteiger charge is -2.23. The second kappa shape index (κ2) is 22.5. The maximum absolute atomic E-state index is 12.7. The Kier molecular flexibility index (Phi) is 18.9. The number of terminal acetylenes is 1. The first-order chi connectivity index (χ1) is 29.0. The predicted molar refractivity (Wildman–Crippen MR) is 239 cm³/mol. The molecule has 0 saturated heterocycles. The molecule has 29 heteroatoms. The van der Waals surface area contributed by atoms with Gasteiger partial charge in [-0.05, 0) is 66.3 Å². The lowest BCUT2D eigenvalue weighted by Crippen LogP contribution is -2.30. The Morgan fingerprint density at radius 1 is 0.694 bits per heavy atom. The summed E-state index contributed by atoms with van der Waals surface area (Å²) in [6, 6.07) is 9.46. The molecule has 6 heterocycles. The Balaban J connectivity index is 0.000000251. The van der Waals surface area contributed by atoms with Crippen molar-refractivity contribution in [2.45, 2.75) is 42.8 Å². The molecule has 0 radical (unpaired) electrons. The number of nitrogens with zero attached hydrogens (tertiary/aromatic N) is 11. The van der Waals surface area contributed by atoms with Crippen LogP contribution in [0.1, 0.15) is 44.8 Å². The van der Waals surface area contributed by atoms with Crippen molar-refractivity contribution in [1.82, 2.24) is 48.7 Å². The van der Waals surface area contributed by atoms with E-state index in [1.54, 1.807) is 36.4 Å². The van der Waals surface area contributed by atoms with Crippen LogP contribution in [0.2, 0.25) is 15.5 Å². The molecule has 6 aromatic rings. The molecule has 5 N–H and O–H groups in total. The third-order valence-corrected chi connectivity index (χ3v) is 11.6. The molecule has 6 rings (SSSR count). The van der Waals surface area contributed by atoms with Crippen LogP contribution in [-0.4, -0.2) is 98.0 Å². The number of rotatable bonds is 11. The van der Waals surface area contributed by atoms with Crippen LogP contribution in [0.15, 0.2) is 66.9 Å². The van der Waals surface area contributed by atoms with E-state index in [0.29, 0.717) is 36.3 Å². The zero-order valence-corrected chi connectivity index (χ0v) is 39.4. The third kappa shape index (κ3) is 13.7. The van der Waals surface area contributed by atoms with E-state index < -0.39 is 30.1 Å². The number of sulfonamides is 3. The highest BCUT2D eigenvalue weighted by Crippen LogP contribution is 2.25. The second-order valence-electron chi connectivity index (χ2n) is 12.9. The van der Waals surface area contributed by atoms with Crippen molar-refractivity contribution in [2.24, 2.45) is 26.5 Å². The van der Waals surface area contributed by atoms with Crippen molar-refractivity contribution in [1.29, 1.82) is 0 Å². The molecule has 0 unspecified atom stereocenters. The number of fused-ring (bicyclic) bond motifs is 3. The largest absolute Gasteiger partial charge is 0.361 e. The fourth-order valence-corrected chi connectivity index (χ4v) is 9.02. The van der Waals surface area contributed by atoms with Crippen LogP contribution >= 0.6 is 69.9 Å². The average molecular weight is 1030 g/mol. The summed E-state index contributed by atoms with van der Waals surface area (Å²) in [5.41, 5.74) is 4.53. The molecule has 0 spiro atoms. The lowest BCUT2D eigenvalue weighted by molar-refractivity contribution is 0.336. The number of nitrogens with two attached hydrogens (primary N) is 2. The molecule has 0 saturated carbocycles. The monoisotopic (exact) mass is 1030 g/mol. The summed E-state index contributed by atoms with van der Waals surface area (Å²) in [7, 11) is -12.1. The van der Waals surface area contributed by atoms with Crippen molar-refractivity contribution < 1.29 is 29.9 Å². The maximum atomic E-state index is 12.7. The molecule has 334 valence electrons. The minimum atomic E-state index is -4.10. The van der Waals surface area contributed by atoms with Crippen molar-refractivity contribution in [3.05, 3.63) is 80.0 Å². The van der Waals surface area contributed by atoms with E-state index >= 15 is 0 Å². The van der Waals surface area contributed by atoms with Gasteiger partial charge in [-0.2, -0.15) is 37.3 Å². The Labute approximate surface area is 386 Å². The van der Waals surface area contributed by atoms with Crippen LogP contribution in [0, 0.1) is 24.2 Å². The van der Waals surface area contributed by atoms with Crippen molar-refractivity contribution in [2.75, 3.05) is 13.1 Å². The summed E-state index contributed by atoms with van der Waals surface area (Å²) in [6.45, 7) is 9.62. The Bertz CT molecular complexity index is 2890. The number of aromatic nitrogens is 9. The van der Waals surface area contributed by atoms with Gasteiger partial charge in [0.05, 0.1) is 23.3 Å². The van der Waals surface area contributed by atoms with Gasteiger partial charge in [0.15, 0.2) is 32.4 Å². The number of imidazole rings is 3. The maximum Gasteiger partial charge on any atom is 0.304 e. The molecule has 62 heavy (non-hydrogen) atoms. The highest BCUT2D eigenvalue weighted by molar-refractivity contribution is 7.90. The van der Waals surface area contributed by atoms with Gasteiger partial charge < -0.3 is 4.90 Å². The summed E-state index contributed by atoms with van der Waals surface area (Å²) < 4.78 is 84.4. The summed E-state index contributed by atoms with van der Waals surface area (Å²) in [6.07, 6.45) is 9.65. The molecule has 0 aliphatic rings. The van der Waals surface area contributed by atoms with E-state index in [4.69, 9.17) is 79.4 Å². The minimum absolute atomic E-state index is 0.192. The van der Waals surface area contributed by atoms with Gasteiger partial charge in [-0.25, -0.2) is 42.1 Å². The molecule has 6 aromatic heterocycles. The van der Waals surface area contributed by atoms with E-state index in [1.807, 2.05) is 4.90 Å². The molecule has 0 fully saturated rings. The summed E-state index contributed by atoms with van der Waals surface area (Å²) >= 11 is 31.9. The van der Waals surface area contributed by atoms with E-state index in [2.05, 4.69) is 80.1 Å². The first kappa shape index (κ1) is 52.2. The Morgan fingerprint density at radius 3 is 1.42 bits per heavy atom. The average Bonchev–Trinajstić information content (AvgIpc) is 3.82. The minimum Gasteiger partial charge on any atom is -0.361 e. The molecular weight excluding hydrogens is 999 g/mol. The summed E-state index contributed by atoms with van der Waals surface area (Å²) in [5, 5.41) is 20.5. The van der Waals surface area contributed by atoms with Crippen LogP contribution in [0.5, 0.6) is 0 Å². The van der Waals surface area contributed by atoms with Crippen LogP contribution < -0.4 is 10.3 Å². The number of hydrogen-bond donors (Lipinski definition) is 3. The van der Waals surface area contributed by atoms with Crippen LogP contribution in [0.25, 0.3) is 29.1 Å². The van der Waals surface area contributed by atoms with Crippen LogP contribution in [0.3, 0.4) is 0 Å². The second-order valence-corrected chi connectivity index (χ2v) is 19.0. The van der Waals surface area contributed by atoms with Crippen LogP contribution in [-0.2, 0) is 30.1 Å². The molecule has 20 nitrogen and oxygen atoms in total. The number of hydrogen-bond acceptors (Lipinski definition) is 13. The fourth-order valence-electron chi connectivity index (χ4n) is 5.05. The molecule has 0 atom stereocenters. The third-order valence-electron chi connectivity index (χ3n) is 7.18. The van der Waals surface area contributed by atoms with Gasteiger partial charge in [0, 0.05) is 24.2 Å². The van der Waals surface area contributed by atoms with E-state index in [0.717, 1.165) is 13.5 Å². The first-order valence-electron chi connectivity index (χ1n) is 16.9. The molecule has 0 amide bonds. The van der Waals surface area contributed by atoms with Gasteiger partial charge >= 0.3 is 10.0 Å². The van der Waals surface area contributed by atoms with E-state index in [-0.39, 0.29) is 53.2 Å². The summed E-state index contributed by atoms with van der Waals surface area (Å²) in [5.74, 6) is 3.08. The quantitative estimate of drug-likeness (QED) is 0.0843. The lowest BCUT2D eigenvalue weighted by atomic mass is 10.1. The van der Waals surface area contributed by atoms with Gasteiger partial charge in [0.1, 0.15) is 12.0 Å². The highest BCUT2D eigenvalue weighted by atomic mass is 35.5. The van der Waals surface area contributed by atoms with Gasteiger partial charge in [-0.1, -0.05) is 85.7 Å². The molecule has 0 bridgehead atoms. The van der Waals surface area contributed by atoms with Gasteiger partial charge in [0.25, 0.3) is 20.0 Å². The standard InChI is InChI=1S/C17H22ClN5O2S.2C8H6Cl2N4O2S.ClHO/c1-6-14-7-8-15-20-16(18)17(23(15)21-14)26(24,25)19-11-22(9-12(2)3)10-13(4)5;2*9-4-3-5-1-2-6-12-7(10)8(14(6)13-5)17(11,15)16;1-2/h1,7-8,11-13H,9-10H2,2-5H3;2*1-4H,(H2,11,15,16);2H/b;4-3+;4-3-;. The van der Waals surface area contributed by atoms with Gasteiger partial charge in [-0.3, -0.25) is 4.66 Å². The van der Waals surface area contributed by atoms with E-state index in [1.165, 1.54) is 29.6 Å². The predicted octanol–water partition coefficient (Wildman–Crippen LogP) is 5.31. The fraction of sp³-hybridized carbons (Fsp3) is 0.242. The summed E-state index contributed by atoms with van der Waals surface area (Å²) in [4.78, 5) is 13.5. The molecule has 0 aliphatic carbocycles.